The Morgan fingerprint density at radius 3 is 2.47 bits per heavy atom. The van der Waals surface area contributed by atoms with E-state index in [4.69, 9.17) is 4.74 Å². The third-order valence-corrected chi connectivity index (χ3v) is 3.67. The lowest BCUT2D eigenvalue weighted by molar-refractivity contribution is -0.140. The third-order valence-electron chi connectivity index (χ3n) is 3.67. The van der Waals surface area contributed by atoms with E-state index in [9.17, 15) is 9.90 Å². The molecule has 0 bridgehead atoms. The SMILES string of the molecule is CCC(NC(C(=O)O)C1CC1)c1ccc(OC)cc1. The summed E-state index contributed by atoms with van der Waals surface area (Å²) in [6.07, 6.45) is 2.90. The highest BCUT2D eigenvalue weighted by molar-refractivity contribution is 5.74. The van der Waals surface area contributed by atoms with Crippen LogP contribution >= 0.6 is 0 Å². The van der Waals surface area contributed by atoms with Gasteiger partial charge in [0.2, 0.25) is 0 Å². The largest absolute Gasteiger partial charge is 0.497 e. The fourth-order valence-electron chi connectivity index (χ4n) is 2.34. The van der Waals surface area contributed by atoms with Crippen molar-refractivity contribution in [3.05, 3.63) is 29.8 Å². The lowest BCUT2D eigenvalue weighted by Crippen LogP contribution is -2.40. The average Bonchev–Trinajstić information content (AvgIpc) is 3.24. The maximum atomic E-state index is 11.3. The molecule has 1 aromatic rings. The molecule has 0 saturated heterocycles. The van der Waals surface area contributed by atoms with Gasteiger partial charge in [-0.15, -0.1) is 0 Å². The van der Waals surface area contributed by atoms with Gasteiger partial charge in [0.1, 0.15) is 11.8 Å². The first-order valence-electron chi connectivity index (χ1n) is 6.78. The first kappa shape index (κ1) is 13.9. The number of rotatable bonds is 7. The summed E-state index contributed by atoms with van der Waals surface area (Å²) in [6.45, 7) is 2.06. The predicted molar refractivity (Wildman–Crippen MR) is 73.3 cm³/mol. The summed E-state index contributed by atoms with van der Waals surface area (Å²) in [4.78, 5) is 11.3. The van der Waals surface area contributed by atoms with Crippen LogP contribution in [0.2, 0.25) is 0 Å². The van der Waals surface area contributed by atoms with E-state index < -0.39 is 12.0 Å². The van der Waals surface area contributed by atoms with E-state index in [1.54, 1.807) is 7.11 Å². The molecule has 0 heterocycles. The maximum absolute atomic E-state index is 11.3. The molecule has 0 aromatic heterocycles. The van der Waals surface area contributed by atoms with Crippen molar-refractivity contribution in [3.8, 4) is 5.75 Å². The van der Waals surface area contributed by atoms with Gasteiger partial charge >= 0.3 is 5.97 Å². The van der Waals surface area contributed by atoms with E-state index in [1.807, 2.05) is 24.3 Å². The molecular weight excluding hydrogens is 242 g/mol. The molecular formula is C15H21NO3. The number of methoxy groups -OCH3 is 1. The van der Waals surface area contributed by atoms with Crippen molar-refractivity contribution in [1.82, 2.24) is 5.32 Å². The highest BCUT2D eigenvalue weighted by Gasteiger charge is 2.37. The second-order valence-electron chi connectivity index (χ2n) is 5.05. The van der Waals surface area contributed by atoms with Crippen molar-refractivity contribution in [2.75, 3.05) is 7.11 Å². The van der Waals surface area contributed by atoms with Crippen LogP contribution in [0.5, 0.6) is 5.75 Å². The summed E-state index contributed by atoms with van der Waals surface area (Å²) in [5.41, 5.74) is 1.11. The molecule has 0 amide bonds. The molecule has 1 aliphatic rings. The van der Waals surface area contributed by atoms with Crippen LogP contribution in [0.15, 0.2) is 24.3 Å². The van der Waals surface area contributed by atoms with E-state index in [-0.39, 0.29) is 6.04 Å². The lowest BCUT2D eigenvalue weighted by atomic mass is 10.0. The summed E-state index contributed by atoms with van der Waals surface area (Å²) in [6, 6.07) is 7.45. The van der Waals surface area contributed by atoms with Crippen LogP contribution < -0.4 is 10.1 Å². The molecule has 4 nitrogen and oxygen atoms in total. The van der Waals surface area contributed by atoms with E-state index in [2.05, 4.69) is 12.2 Å². The smallest absolute Gasteiger partial charge is 0.320 e. The monoisotopic (exact) mass is 263 g/mol. The van der Waals surface area contributed by atoms with E-state index in [0.717, 1.165) is 30.6 Å². The van der Waals surface area contributed by atoms with Gasteiger partial charge in [0, 0.05) is 6.04 Å². The van der Waals surface area contributed by atoms with Crippen LogP contribution in [0.25, 0.3) is 0 Å². The number of ether oxygens (including phenoxy) is 1. The summed E-state index contributed by atoms with van der Waals surface area (Å²) in [7, 11) is 1.64. The summed E-state index contributed by atoms with van der Waals surface area (Å²) in [5.74, 6) is 0.370. The van der Waals surface area contributed by atoms with Crippen LogP contribution in [-0.4, -0.2) is 24.2 Å². The Hall–Kier alpha value is -1.55. The second kappa shape index (κ2) is 6.06. The standard InChI is InChI=1S/C15H21NO3/c1-3-13(10-6-8-12(19-2)9-7-10)16-14(15(17)18)11-4-5-11/h6-9,11,13-14,16H,3-5H2,1-2H3,(H,17,18). The highest BCUT2D eigenvalue weighted by Crippen LogP contribution is 2.34. The first-order valence-corrected chi connectivity index (χ1v) is 6.78. The first-order chi connectivity index (χ1) is 9.15. The Labute approximate surface area is 113 Å². The molecule has 1 saturated carbocycles. The molecule has 1 fully saturated rings. The normalized spacial score (nSPS) is 17.8. The van der Waals surface area contributed by atoms with Gasteiger partial charge in [-0.05, 0) is 42.9 Å². The molecule has 2 rings (SSSR count). The molecule has 0 spiro atoms. The molecule has 19 heavy (non-hydrogen) atoms. The number of nitrogens with one attached hydrogen (secondary N) is 1. The van der Waals surface area contributed by atoms with Gasteiger partial charge in [-0.1, -0.05) is 19.1 Å². The van der Waals surface area contributed by atoms with Crippen molar-refractivity contribution in [2.45, 2.75) is 38.3 Å². The van der Waals surface area contributed by atoms with Crippen molar-refractivity contribution in [2.24, 2.45) is 5.92 Å². The maximum Gasteiger partial charge on any atom is 0.320 e. The molecule has 2 atom stereocenters. The van der Waals surface area contributed by atoms with Gasteiger partial charge in [-0.25, -0.2) is 0 Å². The van der Waals surface area contributed by atoms with E-state index in [1.165, 1.54) is 0 Å². The Morgan fingerprint density at radius 1 is 1.42 bits per heavy atom. The molecule has 2 N–H and O–H groups in total. The highest BCUT2D eigenvalue weighted by atomic mass is 16.5. The zero-order valence-electron chi connectivity index (χ0n) is 11.4. The molecule has 4 heteroatoms. The van der Waals surface area contributed by atoms with Gasteiger partial charge < -0.3 is 9.84 Å². The average molecular weight is 263 g/mol. The van der Waals surface area contributed by atoms with Crippen LogP contribution in [0.3, 0.4) is 0 Å². The Balaban J connectivity index is 2.07. The topological polar surface area (TPSA) is 58.6 Å². The summed E-state index contributed by atoms with van der Waals surface area (Å²) < 4.78 is 5.14. The number of carboxylic acid groups (broad SMARTS) is 1. The molecule has 104 valence electrons. The minimum absolute atomic E-state index is 0.0765. The zero-order chi connectivity index (χ0) is 13.8. The van der Waals surface area contributed by atoms with Crippen LogP contribution in [0, 0.1) is 5.92 Å². The molecule has 0 radical (unpaired) electrons. The second-order valence-corrected chi connectivity index (χ2v) is 5.05. The predicted octanol–water partition coefficient (Wildman–Crippen LogP) is 2.60. The molecule has 0 aliphatic heterocycles. The number of carbonyl (C=O) groups is 1. The fourth-order valence-corrected chi connectivity index (χ4v) is 2.34. The van der Waals surface area contributed by atoms with Gasteiger partial charge in [0.15, 0.2) is 0 Å². The van der Waals surface area contributed by atoms with Gasteiger partial charge in [0.25, 0.3) is 0 Å². The fraction of sp³-hybridized carbons (Fsp3) is 0.533. The number of benzene rings is 1. The lowest BCUT2D eigenvalue weighted by Gasteiger charge is -2.22. The number of hydrogen-bond donors (Lipinski definition) is 2. The summed E-state index contributed by atoms with van der Waals surface area (Å²) in [5, 5.41) is 12.6. The zero-order valence-corrected chi connectivity index (χ0v) is 11.4. The number of carboxylic acids is 1. The number of aliphatic carboxylic acids is 1. The van der Waals surface area contributed by atoms with E-state index in [0.29, 0.717) is 5.92 Å². The number of hydrogen-bond acceptors (Lipinski definition) is 3. The molecule has 1 aromatic carbocycles. The minimum Gasteiger partial charge on any atom is -0.497 e. The minimum atomic E-state index is -0.741. The van der Waals surface area contributed by atoms with Crippen molar-refractivity contribution < 1.29 is 14.6 Å². The van der Waals surface area contributed by atoms with Crippen molar-refractivity contribution >= 4 is 5.97 Å². The van der Waals surface area contributed by atoms with Crippen LogP contribution in [0.1, 0.15) is 37.8 Å². The van der Waals surface area contributed by atoms with Crippen molar-refractivity contribution in [3.63, 3.8) is 0 Å². The van der Waals surface area contributed by atoms with Gasteiger partial charge in [-0.2, -0.15) is 0 Å². The quantitative estimate of drug-likeness (QED) is 0.794. The van der Waals surface area contributed by atoms with Crippen LogP contribution in [-0.2, 0) is 4.79 Å². The Morgan fingerprint density at radius 2 is 2.05 bits per heavy atom. The summed E-state index contributed by atoms with van der Waals surface area (Å²) >= 11 is 0. The Bertz CT molecular complexity index is 426. The molecule has 2 unspecified atom stereocenters. The molecule has 1 aliphatic carbocycles. The third kappa shape index (κ3) is 3.47. The van der Waals surface area contributed by atoms with E-state index >= 15 is 0 Å². The van der Waals surface area contributed by atoms with Gasteiger partial charge in [0.05, 0.1) is 7.11 Å². The van der Waals surface area contributed by atoms with Crippen LogP contribution in [0.4, 0.5) is 0 Å². The van der Waals surface area contributed by atoms with Crippen molar-refractivity contribution in [1.29, 1.82) is 0 Å². The Kier molecular flexibility index (Phi) is 4.43. The van der Waals surface area contributed by atoms with Gasteiger partial charge in [-0.3, -0.25) is 10.1 Å².